The second-order valence-corrected chi connectivity index (χ2v) is 2.79. The van der Waals surface area contributed by atoms with Gasteiger partial charge in [0, 0.05) is 17.9 Å². The van der Waals surface area contributed by atoms with E-state index in [0.717, 1.165) is 0 Å². The third-order valence-electron chi connectivity index (χ3n) is 1.78. The number of carbonyl (C=O) groups excluding carboxylic acids is 4. The maximum atomic E-state index is 10.3. The van der Waals surface area contributed by atoms with Gasteiger partial charge < -0.3 is 44.7 Å². The number of rotatable bonds is 6. The minimum Gasteiger partial charge on any atom is -0.550 e. The van der Waals surface area contributed by atoms with Crippen molar-refractivity contribution in [1.29, 1.82) is 0 Å². The molecule has 1 unspecified atom stereocenters. The molecule has 9 nitrogen and oxygen atoms in total. The molecule has 0 rings (SSSR count). The molecular formula is C7H4Ca2O9. The zero-order valence-electron chi connectivity index (χ0n) is 8.91. The fraction of sp³-hybridized carbons (Fsp3) is 0.429. The summed E-state index contributed by atoms with van der Waals surface area (Å²) in [6.07, 6.45) is -1.58. The Labute approximate surface area is 160 Å². The van der Waals surface area contributed by atoms with E-state index in [9.17, 15) is 39.6 Å². The van der Waals surface area contributed by atoms with Gasteiger partial charge in [0.1, 0.15) is 0 Å². The van der Waals surface area contributed by atoms with Crippen molar-refractivity contribution in [3.05, 3.63) is 0 Å². The molecular weight excluding hydrogens is 308 g/mol. The van der Waals surface area contributed by atoms with Crippen molar-refractivity contribution in [2.75, 3.05) is 0 Å². The number of hydrogen-bond acceptors (Lipinski definition) is 9. The SMILES string of the molecule is O=C([O-])CC(C(=O)[O-])C(O)(C(=O)[O-])C(=O)[O-].[Ca+2].[Ca+2]. The maximum absolute atomic E-state index is 10.3. The first-order chi connectivity index (χ1) is 7.13. The van der Waals surface area contributed by atoms with E-state index in [4.69, 9.17) is 5.11 Å². The van der Waals surface area contributed by atoms with Crippen LogP contribution in [0.2, 0.25) is 0 Å². The van der Waals surface area contributed by atoms with Gasteiger partial charge in [-0.1, -0.05) is 0 Å². The van der Waals surface area contributed by atoms with E-state index in [-0.39, 0.29) is 75.5 Å². The molecule has 0 aliphatic carbocycles. The molecule has 0 aromatic heterocycles. The summed E-state index contributed by atoms with van der Waals surface area (Å²) in [4.78, 5) is 41.0. The third kappa shape index (κ3) is 5.55. The molecule has 0 aliphatic heterocycles. The maximum Gasteiger partial charge on any atom is 2.00 e. The zero-order valence-corrected chi connectivity index (χ0v) is 13.3. The predicted molar refractivity (Wildman–Crippen MR) is 44.6 cm³/mol. The summed E-state index contributed by atoms with van der Waals surface area (Å²) < 4.78 is 0. The number of carboxylic acids is 4. The van der Waals surface area contributed by atoms with Crippen molar-refractivity contribution in [3.63, 3.8) is 0 Å². The van der Waals surface area contributed by atoms with E-state index in [1.54, 1.807) is 0 Å². The number of carbonyl (C=O) groups is 4. The summed E-state index contributed by atoms with van der Waals surface area (Å²) in [6.45, 7) is 0. The quantitative estimate of drug-likeness (QED) is 0.368. The first kappa shape index (κ1) is 23.5. The number of aliphatic hydroxyl groups is 1. The summed E-state index contributed by atoms with van der Waals surface area (Å²) in [5, 5.41) is 50.0. The van der Waals surface area contributed by atoms with E-state index in [2.05, 4.69) is 0 Å². The summed E-state index contributed by atoms with van der Waals surface area (Å²) in [7, 11) is 0. The van der Waals surface area contributed by atoms with Crippen LogP contribution < -0.4 is 20.4 Å². The molecule has 0 aromatic carbocycles. The summed E-state index contributed by atoms with van der Waals surface area (Å²) in [5.74, 6) is -12.7. The van der Waals surface area contributed by atoms with E-state index >= 15 is 0 Å². The molecule has 18 heavy (non-hydrogen) atoms. The van der Waals surface area contributed by atoms with Crippen molar-refractivity contribution < 1.29 is 44.7 Å². The molecule has 1 atom stereocenters. The zero-order chi connectivity index (χ0) is 13.1. The van der Waals surface area contributed by atoms with Crippen LogP contribution in [0.25, 0.3) is 0 Å². The van der Waals surface area contributed by atoms with Crippen molar-refractivity contribution >= 4 is 99.4 Å². The van der Waals surface area contributed by atoms with Crippen LogP contribution >= 0.6 is 0 Å². The van der Waals surface area contributed by atoms with Crippen molar-refractivity contribution in [1.82, 2.24) is 0 Å². The van der Waals surface area contributed by atoms with Crippen molar-refractivity contribution in [3.8, 4) is 0 Å². The smallest absolute Gasteiger partial charge is 0.550 e. The van der Waals surface area contributed by atoms with E-state index < -0.39 is 41.8 Å². The molecule has 0 spiro atoms. The first-order valence-electron chi connectivity index (χ1n) is 3.70. The molecule has 0 fully saturated rings. The van der Waals surface area contributed by atoms with Gasteiger partial charge >= 0.3 is 75.5 Å². The summed E-state index contributed by atoms with van der Waals surface area (Å²) >= 11 is 0. The first-order valence-corrected chi connectivity index (χ1v) is 3.70. The molecule has 0 bridgehead atoms. The molecule has 0 radical (unpaired) electrons. The van der Waals surface area contributed by atoms with Crippen LogP contribution in [0.5, 0.6) is 0 Å². The van der Waals surface area contributed by atoms with Crippen LogP contribution in [0, 0.1) is 5.92 Å². The average Bonchev–Trinajstić information content (AvgIpc) is 2.11. The molecule has 11 heteroatoms. The Hall–Kier alpha value is 0.359. The second kappa shape index (κ2) is 9.29. The van der Waals surface area contributed by atoms with Gasteiger partial charge in [-0.05, 0) is 6.42 Å². The molecule has 1 N–H and O–H groups in total. The van der Waals surface area contributed by atoms with Gasteiger partial charge in [-0.2, -0.15) is 0 Å². The largest absolute Gasteiger partial charge is 2.00 e. The van der Waals surface area contributed by atoms with Crippen LogP contribution in [0.1, 0.15) is 6.42 Å². The van der Waals surface area contributed by atoms with Gasteiger partial charge in [-0.25, -0.2) is 0 Å². The fourth-order valence-corrected chi connectivity index (χ4v) is 0.936. The monoisotopic (exact) mass is 312 g/mol. The van der Waals surface area contributed by atoms with Crippen LogP contribution in [-0.4, -0.2) is 110 Å². The van der Waals surface area contributed by atoms with Crippen LogP contribution in [0.3, 0.4) is 0 Å². The number of carboxylic acid groups (broad SMARTS) is 4. The third-order valence-corrected chi connectivity index (χ3v) is 1.78. The van der Waals surface area contributed by atoms with Crippen LogP contribution in [0.4, 0.5) is 0 Å². The van der Waals surface area contributed by atoms with Gasteiger partial charge in [-0.3, -0.25) is 0 Å². The Kier molecular flexibility index (Phi) is 12.1. The van der Waals surface area contributed by atoms with Crippen LogP contribution in [-0.2, 0) is 19.2 Å². The standard InChI is InChI=1S/C7H8O9.2Ca/c8-3(9)1-2(4(10)11)7(16,5(12)13)6(14)15;;/h2,16H,1H2,(H,8,9)(H,10,11)(H,12,13)(H,14,15);;/q;2*+2/p-4. The Bertz CT molecular complexity index is 339. The van der Waals surface area contributed by atoms with E-state index in [0.29, 0.717) is 0 Å². The van der Waals surface area contributed by atoms with E-state index in [1.165, 1.54) is 0 Å². The number of hydrogen-bond donors (Lipinski definition) is 1. The second-order valence-electron chi connectivity index (χ2n) is 2.79. The molecule has 90 valence electrons. The van der Waals surface area contributed by atoms with Gasteiger partial charge in [0.05, 0.1) is 11.9 Å². The molecule has 0 saturated carbocycles. The summed E-state index contributed by atoms with van der Waals surface area (Å²) in [5.41, 5.74) is -4.00. The van der Waals surface area contributed by atoms with Crippen molar-refractivity contribution in [2.45, 2.75) is 12.0 Å². The minimum atomic E-state index is -4.00. The molecule has 0 saturated heterocycles. The Balaban J connectivity index is -0.00000112. The Morgan fingerprint density at radius 2 is 1.28 bits per heavy atom. The predicted octanol–water partition coefficient (Wildman–Crippen LogP) is -8.04. The molecule has 0 heterocycles. The summed E-state index contributed by atoms with van der Waals surface area (Å²) in [6, 6.07) is 0. The average molecular weight is 312 g/mol. The molecule has 0 aromatic rings. The van der Waals surface area contributed by atoms with Gasteiger partial charge in [0.25, 0.3) is 0 Å². The van der Waals surface area contributed by atoms with Crippen LogP contribution in [0.15, 0.2) is 0 Å². The normalized spacial score (nSPS) is 11.4. The molecule has 0 amide bonds. The topological polar surface area (TPSA) is 181 Å². The minimum absolute atomic E-state index is 0. The van der Waals surface area contributed by atoms with Crippen molar-refractivity contribution in [2.24, 2.45) is 5.92 Å². The Morgan fingerprint density at radius 1 is 0.944 bits per heavy atom. The number of aliphatic carboxylic acids is 4. The van der Waals surface area contributed by atoms with Gasteiger partial charge in [0.15, 0.2) is 5.60 Å². The van der Waals surface area contributed by atoms with Gasteiger partial charge in [0.2, 0.25) is 0 Å². The molecule has 0 aliphatic rings. The Morgan fingerprint density at radius 3 is 1.44 bits per heavy atom. The fourth-order valence-electron chi connectivity index (χ4n) is 0.936. The van der Waals surface area contributed by atoms with Gasteiger partial charge in [-0.15, -0.1) is 0 Å². The van der Waals surface area contributed by atoms with E-state index in [1.807, 2.05) is 0 Å².